The van der Waals surface area contributed by atoms with E-state index in [4.69, 9.17) is 9.47 Å². The van der Waals surface area contributed by atoms with Crippen molar-refractivity contribution in [3.8, 4) is 0 Å². The van der Waals surface area contributed by atoms with E-state index in [1.165, 1.54) is 5.75 Å². The summed E-state index contributed by atoms with van der Waals surface area (Å²) in [6.45, 7) is 3.69. The van der Waals surface area contributed by atoms with Crippen LogP contribution in [0.15, 0.2) is 0 Å². The summed E-state index contributed by atoms with van der Waals surface area (Å²) in [6.07, 6.45) is 6.10. The van der Waals surface area contributed by atoms with Gasteiger partial charge in [-0.2, -0.15) is 11.8 Å². The van der Waals surface area contributed by atoms with Crippen LogP contribution in [0.2, 0.25) is 0 Å². The second-order valence-corrected chi connectivity index (χ2v) is 7.59. The zero-order valence-corrected chi connectivity index (χ0v) is 12.7. The van der Waals surface area contributed by atoms with E-state index < -0.39 is 5.60 Å². The van der Waals surface area contributed by atoms with Gasteiger partial charge >= 0.3 is 0 Å². The minimum absolute atomic E-state index is 0.0727. The van der Waals surface area contributed by atoms with E-state index in [1.807, 2.05) is 11.8 Å². The predicted octanol–water partition coefficient (Wildman–Crippen LogP) is 2.61. The van der Waals surface area contributed by atoms with E-state index in [2.05, 4.69) is 6.92 Å². The van der Waals surface area contributed by atoms with Crippen LogP contribution in [0.1, 0.15) is 45.4 Å². The van der Waals surface area contributed by atoms with Crippen molar-refractivity contribution in [2.75, 3.05) is 24.7 Å². The quantitative estimate of drug-likeness (QED) is 0.847. The van der Waals surface area contributed by atoms with Gasteiger partial charge in [0.1, 0.15) is 0 Å². The molecule has 4 heteroatoms. The van der Waals surface area contributed by atoms with Crippen LogP contribution in [0.5, 0.6) is 0 Å². The summed E-state index contributed by atoms with van der Waals surface area (Å²) in [5, 5.41) is 11.1. The highest BCUT2D eigenvalue weighted by Gasteiger charge is 2.48. The zero-order chi connectivity index (χ0) is 13.3. The van der Waals surface area contributed by atoms with Crippen molar-refractivity contribution in [1.82, 2.24) is 0 Å². The monoisotopic (exact) mass is 286 g/mol. The first-order valence-corrected chi connectivity index (χ1v) is 8.87. The van der Waals surface area contributed by atoms with Crippen LogP contribution in [0.4, 0.5) is 0 Å². The van der Waals surface area contributed by atoms with Gasteiger partial charge in [0.15, 0.2) is 0 Å². The lowest BCUT2D eigenvalue weighted by Gasteiger charge is -2.48. The highest BCUT2D eigenvalue weighted by molar-refractivity contribution is 7.99. The summed E-state index contributed by atoms with van der Waals surface area (Å²) in [4.78, 5) is 0. The molecule has 4 unspecified atom stereocenters. The second-order valence-electron chi connectivity index (χ2n) is 6.48. The predicted molar refractivity (Wildman–Crippen MR) is 77.6 cm³/mol. The molecule has 3 fully saturated rings. The second kappa shape index (κ2) is 5.55. The minimum Gasteiger partial charge on any atom is -0.389 e. The third-order valence-corrected chi connectivity index (χ3v) is 6.47. The summed E-state index contributed by atoms with van der Waals surface area (Å²) in [5.74, 6) is 2.73. The van der Waals surface area contributed by atoms with Gasteiger partial charge in [-0.1, -0.05) is 6.92 Å². The Kier molecular flexibility index (Phi) is 4.14. The van der Waals surface area contributed by atoms with Gasteiger partial charge in [-0.15, -0.1) is 0 Å². The summed E-state index contributed by atoms with van der Waals surface area (Å²) in [7, 11) is 0. The van der Waals surface area contributed by atoms with Crippen molar-refractivity contribution in [3.63, 3.8) is 0 Å². The van der Waals surface area contributed by atoms with Crippen molar-refractivity contribution in [3.05, 3.63) is 0 Å². The van der Waals surface area contributed by atoms with Crippen LogP contribution in [-0.4, -0.2) is 47.1 Å². The molecule has 0 aromatic carbocycles. The van der Waals surface area contributed by atoms with Crippen molar-refractivity contribution in [1.29, 1.82) is 0 Å². The lowest BCUT2D eigenvalue weighted by atomic mass is 9.71. The molecule has 3 aliphatic rings. The fourth-order valence-electron chi connectivity index (χ4n) is 3.94. The Morgan fingerprint density at radius 1 is 1.26 bits per heavy atom. The van der Waals surface area contributed by atoms with Gasteiger partial charge in [0.05, 0.1) is 17.3 Å². The molecule has 3 saturated heterocycles. The molecule has 1 N–H and O–H groups in total. The number of thioether (sulfide) groups is 1. The normalized spacial score (nSPS) is 47.7. The molecule has 3 nitrogen and oxygen atoms in total. The lowest BCUT2D eigenvalue weighted by Crippen LogP contribution is -2.52. The van der Waals surface area contributed by atoms with Gasteiger partial charge in [0.25, 0.3) is 0 Å². The van der Waals surface area contributed by atoms with Crippen LogP contribution in [0.3, 0.4) is 0 Å². The van der Waals surface area contributed by atoms with Crippen molar-refractivity contribution < 1.29 is 14.6 Å². The van der Waals surface area contributed by atoms with Gasteiger partial charge in [0.2, 0.25) is 0 Å². The Balaban J connectivity index is 1.69. The van der Waals surface area contributed by atoms with Crippen LogP contribution in [0, 0.1) is 5.92 Å². The largest absolute Gasteiger partial charge is 0.389 e. The van der Waals surface area contributed by atoms with Crippen molar-refractivity contribution in [2.45, 2.75) is 62.8 Å². The molecular formula is C15H26O3S. The maximum atomic E-state index is 11.1. The fraction of sp³-hybridized carbons (Fsp3) is 1.00. The zero-order valence-electron chi connectivity index (χ0n) is 11.9. The molecule has 0 saturated carbocycles. The van der Waals surface area contributed by atoms with E-state index in [1.54, 1.807) is 0 Å². The third-order valence-electron chi connectivity index (χ3n) is 5.25. The standard InChI is InChI=1S/C15H26O3S/c1-2-13-10-15(16,4-7-17-13)12-3-6-18-14(9-12)5-8-19-11-14/h12-13,16H,2-11H2,1H3. The molecule has 3 aliphatic heterocycles. The molecule has 0 aromatic heterocycles. The molecule has 19 heavy (non-hydrogen) atoms. The van der Waals surface area contributed by atoms with E-state index in [0.717, 1.165) is 50.9 Å². The maximum Gasteiger partial charge on any atom is 0.0784 e. The van der Waals surface area contributed by atoms with Crippen molar-refractivity contribution >= 4 is 11.8 Å². The van der Waals surface area contributed by atoms with Crippen LogP contribution >= 0.6 is 11.8 Å². The van der Waals surface area contributed by atoms with E-state index >= 15 is 0 Å². The van der Waals surface area contributed by atoms with Gasteiger partial charge in [-0.05, 0) is 43.8 Å². The van der Waals surface area contributed by atoms with E-state index in [9.17, 15) is 5.11 Å². The maximum absolute atomic E-state index is 11.1. The molecule has 4 atom stereocenters. The Bertz CT molecular complexity index is 317. The number of hydrogen-bond donors (Lipinski definition) is 1. The van der Waals surface area contributed by atoms with E-state index in [0.29, 0.717) is 12.5 Å². The number of rotatable bonds is 2. The molecule has 1 spiro atoms. The number of ether oxygens (including phenoxy) is 2. The third kappa shape index (κ3) is 2.82. The Morgan fingerprint density at radius 2 is 2.16 bits per heavy atom. The summed E-state index contributed by atoms with van der Waals surface area (Å²) in [6, 6.07) is 0. The van der Waals surface area contributed by atoms with E-state index in [-0.39, 0.29) is 11.7 Å². The molecule has 0 radical (unpaired) electrons. The first-order valence-electron chi connectivity index (χ1n) is 7.71. The van der Waals surface area contributed by atoms with Crippen LogP contribution < -0.4 is 0 Å². The average Bonchev–Trinajstić information content (AvgIpc) is 2.87. The molecule has 110 valence electrons. The SMILES string of the molecule is CCC1CC(O)(C2CCOC3(CCSC3)C2)CCO1. The molecule has 0 amide bonds. The molecule has 3 rings (SSSR count). The van der Waals surface area contributed by atoms with Crippen molar-refractivity contribution in [2.24, 2.45) is 5.92 Å². The van der Waals surface area contributed by atoms with Gasteiger partial charge < -0.3 is 14.6 Å². The minimum atomic E-state index is -0.511. The van der Waals surface area contributed by atoms with Gasteiger partial charge in [-0.25, -0.2) is 0 Å². The summed E-state index contributed by atoms with van der Waals surface area (Å²) in [5.41, 5.74) is -0.438. The highest BCUT2D eigenvalue weighted by atomic mass is 32.2. The first kappa shape index (κ1) is 14.2. The van der Waals surface area contributed by atoms with Crippen LogP contribution in [-0.2, 0) is 9.47 Å². The summed E-state index contributed by atoms with van der Waals surface area (Å²) >= 11 is 2.00. The Labute approximate surface area is 120 Å². The summed E-state index contributed by atoms with van der Waals surface area (Å²) < 4.78 is 11.8. The van der Waals surface area contributed by atoms with Gasteiger partial charge in [0, 0.05) is 25.4 Å². The number of hydrogen-bond acceptors (Lipinski definition) is 4. The molecule has 0 bridgehead atoms. The molecular weight excluding hydrogens is 260 g/mol. The number of aliphatic hydroxyl groups is 1. The Hall–Kier alpha value is 0.230. The first-order chi connectivity index (χ1) is 9.16. The fourth-order valence-corrected chi connectivity index (χ4v) is 5.32. The van der Waals surface area contributed by atoms with Gasteiger partial charge in [-0.3, -0.25) is 0 Å². The lowest BCUT2D eigenvalue weighted by molar-refractivity contribution is -0.174. The molecule has 0 aliphatic carbocycles. The topological polar surface area (TPSA) is 38.7 Å². The molecule has 0 aromatic rings. The average molecular weight is 286 g/mol. The Morgan fingerprint density at radius 3 is 2.89 bits per heavy atom. The smallest absolute Gasteiger partial charge is 0.0784 e. The molecule has 3 heterocycles. The highest BCUT2D eigenvalue weighted by Crippen LogP contribution is 2.46. The van der Waals surface area contributed by atoms with Crippen LogP contribution in [0.25, 0.3) is 0 Å².